The van der Waals surface area contributed by atoms with Crippen molar-refractivity contribution in [3.05, 3.63) is 15.4 Å². The van der Waals surface area contributed by atoms with E-state index in [9.17, 15) is 0 Å². The molecule has 10 heavy (non-hydrogen) atoms. The summed E-state index contributed by atoms with van der Waals surface area (Å²) in [5.74, 6) is 0.816. The van der Waals surface area contributed by atoms with Gasteiger partial charge in [0, 0.05) is 9.35 Å². The third-order valence-corrected chi connectivity index (χ3v) is 3.73. The van der Waals surface area contributed by atoms with Crippen molar-refractivity contribution in [1.29, 1.82) is 0 Å². The number of rotatable bonds is 1. The minimum Gasteiger partial charge on any atom is -0.391 e. The number of halogens is 1. The highest BCUT2D eigenvalue weighted by Crippen LogP contribution is 2.47. The molecular formula is C7H8BrNS. The van der Waals surface area contributed by atoms with Gasteiger partial charge in [0.1, 0.15) is 0 Å². The van der Waals surface area contributed by atoms with E-state index in [1.165, 1.54) is 22.2 Å². The lowest BCUT2D eigenvalue weighted by molar-refractivity contribution is 1.17. The molecule has 2 rings (SSSR count). The number of hydrogen-bond donors (Lipinski definition) is 1. The lowest BCUT2D eigenvalue weighted by Gasteiger charge is -1.88. The maximum atomic E-state index is 5.63. The SMILES string of the molecule is Nc1cc(Br)c(C2CC2)s1. The quantitative estimate of drug-likeness (QED) is 0.770. The molecule has 0 saturated heterocycles. The molecule has 3 heteroatoms. The summed E-state index contributed by atoms with van der Waals surface area (Å²) < 4.78 is 1.21. The molecule has 0 aliphatic heterocycles. The van der Waals surface area contributed by atoms with Crippen molar-refractivity contribution in [3.63, 3.8) is 0 Å². The predicted molar refractivity (Wildman–Crippen MR) is 48.4 cm³/mol. The van der Waals surface area contributed by atoms with Crippen molar-refractivity contribution >= 4 is 32.3 Å². The Labute approximate surface area is 72.4 Å². The van der Waals surface area contributed by atoms with Crippen LogP contribution in [-0.4, -0.2) is 0 Å². The van der Waals surface area contributed by atoms with Crippen molar-refractivity contribution in [1.82, 2.24) is 0 Å². The van der Waals surface area contributed by atoms with Gasteiger partial charge in [-0.25, -0.2) is 0 Å². The van der Waals surface area contributed by atoms with Gasteiger partial charge < -0.3 is 5.73 Å². The van der Waals surface area contributed by atoms with Crippen molar-refractivity contribution in [2.24, 2.45) is 0 Å². The largest absolute Gasteiger partial charge is 0.391 e. The van der Waals surface area contributed by atoms with Crippen LogP contribution in [0.2, 0.25) is 0 Å². The van der Waals surface area contributed by atoms with Crippen LogP contribution in [-0.2, 0) is 0 Å². The lowest BCUT2D eigenvalue weighted by atomic mass is 10.3. The van der Waals surface area contributed by atoms with E-state index < -0.39 is 0 Å². The second-order valence-corrected chi connectivity index (χ2v) is 4.60. The lowest BCUT2D eigenvalue weighted by Crippen LogP contribution is -1.72. The van der Waals surface area contributed by atoms with E-state index in [0.717, 1.165) is 10.9 Å². The van der Waals surface area contributed by atoms with Crippen LogP contribution in [0.25, 0.3) is 0 Å². The maximum absolute atomic E-state index is 5.63. The summed E-state index contributed by atoms with van der Waals surface area (Å²) in [6.45, 7) is 0. The first-order valence-corrected chi connectivity index (χ1v) is 4.93. The Balaban J connectivity index is 2.38. The molecule has 1 heterocycles. The van der Waals surface area contributed by atoms with Gasteiger partial charge in [0.05, 0.1) is 5.00 Å². The number of thiophene rings is 1. The first-order valence-electron chi connectivity index (χ1n) is 3.32. The topological polar surface area (TPSA) is 26.0 Å². The Kier molecular flexibility index (Phi) is 1.49. The predicted octanol–water partition coefficient (Wildman–Crippen LogP) is 2.97. The zero-order chi connectivity index (χ0) is 7.14. The number of hydrogen-bond acceptors (Lipinski definition) is 2. The minimum absolute atomic E-state index is 0.816. The van der Waals surface area contributed by atoms with Crippen molar-refractivity contribution in [3.8, 4) is 0 Å². The molecule has 54 valence electrons. The second-order valence-electron chi connectivity index (χ2n) is 2.64. The van der Waals surface area contributed by atoms with Crippen molar-refractivity contribution in [2.75, 3.05) is 5.73 Å². The monoisotopic (exact) mass is 217 g/mol. The van der Waals surface area contributed by atoms with E-state index in [4.69, 9.17) is 5.73 Å². The van der Waals surface area contributed by atoms with Crippen LogP contribution in [0.5, 0.6) is 0 Å². The molecule has 0 radical (unpaired) electrons. The molecule has 0 spiro atoms. The molecule has 1 aromatic rings. The molecule has 1 aromatic heterocycles. The van der Waals surface area contributed by atoms with Crippen LogP contribution in [0.15, 0.2) is 10.5 Å². The van der Waals surface area contributed by atoms with Gasteiger partial charge in [0.25, 0.3) is 0 Å². The first-order chi connectivity index (χ1) is 4.77. The molecular weight excluding hydrogens is 210 g/mol. The molecule has 1 aliphatic rings. The Bertz CT molecular complexity index is 252. The average Bonchev–Trinajstić information content (AvgIpc) is 2.61. The fourth-order valence-electron chi connectivity index (χ4n) is 1.03. The molecule has 0 unspecified atom stereocenters. The Morgan fingerprint density at radius 1 is 1.60 bits per heavy atom. The number of nitrogens with two attached hydrogens (primary N) is 1. The molecule has 2 N–H and O–H groups in total. The van der Waals surface area contributed by atoms with E-state index in [-0.39, 0.29) is 0 Å². The van der Waals surface area contributed by atoms with Gasteiger partial charge in [-0.15, -0.1) is 11.3 Å². The molecule has 1 aliphatic carbocycles. The van der Waals surface area contributed by atoms with E-state index in [0.29, 0.717) is 0 Å². The van der Waals surface area contributed by atoms with Crippen molar-refractivity contribution in [2.45, 2.75) is 18.8 Å². The van der Waals surface area contributed by atoms with Gasteiger partial charge in [0.15, 0.2) is 0 Å². The fraction of sp³-hybridized carbons (Fsp3) is 0.429. The second kappa shape index (κ2) is 2.24. The van der Waals surface area contributed by atoms with E-state index >= 15 is 0 Å². The van der Waals surface area contributed by atoms with Gasteiger partial charge in [-0.3, -0.25) is 0 Å². The van der Waals surface area contributed by atoms with Crippen LogP contribution >= 0.6 is 27.3 Å². The summed E-state index contributed by atoms with van der Waals surface area (Å²) in [5, 5.41) is 0.925. The van der Waals surface area contributed by atoms with Crippen LogP contribution in [0.3, 0.4) is 0 Å². The fourth-order valence-corrected chi connectivity index (χ4v) is 2.98. The van der Waals surface area contributed by atoms with Gasteiger partial charge in [0.2, 0.25) is 0 Å². The molecule has 0 bridgehead atoms. The smallest absolute Gasteiger partial charge is 0.0871 e. The zero-order valence-corrected chi connectivity index (χ0v) is 7.83. The summed E-state index contributed by atoms with van der Waals surface area (Å²) >= 11 is 5.20. The summed E-state index contributed by atoms with van der Waals surface area (Å²) in [6, 6.07) is 2.00. The highest BCUT2D eigenvalue weighted by atomic mass is 79.9. The Morgan fingerprint density at radius 2 is 2.30 bits per heavy atom. The maximum Gasteiger partial charge on any atom is 0.0871 e. The molecule has 1 saturated carbocycles. The van der Waals surface area contributed by atoms with Crippen LogP contribution in [0, 0.1) is 0 Å². The molecule has 0 aromatic carbocycles. The Morgan fingerprint density at radius 3 is 2.70 bits per heavy atom. The minimum atomic E-state index is 0.816. The number of anilines is 1. The van der Waals surface area contributed by atoms with Crippen LogP contribution in [0.1, 0.15) is 23.6 Å². The summed E-state index contributed by atoms with van der Waals surface area (Å²) in [7, 11) is 0. The average molecular weight is 218 g/mol. The van der Waals surface area contributed by atoms with E-state index in [2.05, 4.69) is 15.9 Å². The third-order valence-electron chi connectivity index (χ3n) is 1.68. The van der Waals surface area contributed by atoms with Gasteiger partial charge >= 0.3 is 0 Å². The van der Waals surface area contributed by atoms with Gasteiger partial charge in [-0.2, -0.15) is 0 Å². The molecule has 0 amide bonds. The first kappa shape index (κ1) is 6.68. The van der Waals surface area contributed by atoms with Crippen LogP contribution < -0.4 is 5.73 Å². The van der Waals surface area contributed by atoms with Crippen LogP contribution in [0.4, 0.5) is 5.00 Å². The van der Waals surface area contributed by atoms with Gasteiger partial charge in [-0.1, -0.05) is 0 Å². The summed E-state index contributed by atoms with van der Waals surface area (Å²) in [4.78, 5) is 1.44. The number of nitrogen functional groups attached to an aromatic ring is 1. The Hall–Kier alpha value is -0.0200. The van der Waals surface area contributed by atoms with E-state index in [1.807, 2.05) is 6.07 Å². The summed E-state index contributed by atoms with van der Waals surface area (Å²) in [6.07, 6.45) is 2.69. The molecule has 0 atom stereocenters. The van der Waals surface area contributed by atoms with Gasteiger partial charge in [-0.05, 0) is 40.8 Å². The highest BCUT2D eigenvalue weighted by Gasteiger charge is 2.27. The normalized spacial score (nSPS) is 17.7. The highest BCUT2D eigenvalue weighted by molar-refractivity contribution is 9.10. The molecule has 1 nitrogen and oxygen atoms in total. The zero-order valence-electron chi connectivity index (χ0n) is 5.43. The van der Waals surface area contributed by atoms with Crippen molar-refractivity contribution < 1.29 is 0 Å². The third kappa shape index (κ3) is 1.08. The van der Waals surface area contributed by atoms with E-state index in [1.54, 1.807) is 11.3 Å². The summed E-state index contributed by atoms with van der Waals surface area (Å²) in [5.41, 5.74) is 5.63. The standard InChI is InChI=1S/C7H8BrNS/c8-5-3-6(9)10-7(5)4-1-2-4/h3-4H,1-2,9H2. The molecule has 1 fully saturated rings.